The first-order chi connectivity index (χ1) is 9.69. The van der Waals surface area contributed by atoms with Gasteiger partial charge in [-0.15, -0.1) is 11.6 Å². The van der Waals surface area contributed by atoms with Crippen LogP contribution in [0.15, 0.2) is 42.5 Å². The Labute approximate surface area is 119 Å². The SMILES string of the molecule is Fc1cccc(-n2c(CCCl)nc3ccc(F)cc32)c1. The van der Waals surface area contributed by atoms with E-state index in [1.165, 1.54) is 24.3 Å². The average Bonchev–Trinajstić information content (AvgIpc) is 2.76. The van der Waals surface area contributed by atoms with Crippen molar-refractivity contribution in [2.45, 2.75) is 6.42 Å². The summed E-state index contributed by atoms with van der Waals surface area (Å²) in [5.74, 6) is 0.373. The molecule has 0 saturated heterocycles. The van der Waals surface area contributed by atoms with E-state index < -0.39 is 0 Å². The van der Waals surface area contributed by atoms with E-state index in [2.05, 4.69) is 4.98 Å². The summed E-state index contributed by atoms with van der Waals surface area (Å²) in [6.07, 6.45) is 0.522. The first-order valence-electron chi connectivity index (χ1n) is 6.18. The van der Waals surface area contributed by atoms with Gasteiger partial charge < -0.3 is 0 Å². The maximum atomic E-state index is 13.5. The Morgan fingerprint density at radius 3 is 2.60 bits per heavy atom. The molecule has 2 nitrogen and oxygen atoms in total. The van der Waals surface area contributed by atoms with E-state index in [1.54, 1.807) is 22.8 Å². The van der Waals surface area contributed by atoms with Gasteiger partial charge in [-0.25, -0.2) is 13.8 Å². The molecule has 1 heterocycles. The maximum Gasteiger partial charge on any atom is 0.125 e. The first kappa shape index (κ1) is 13.1. The molecule has 0 N–H and O–H groups in total. The zero-order chi connectivity index (χ0) is 14.1. The maximum absolute atomic E-state index is 13.5. The molecule has 0 radical (unpaired) electrons. The quantitative estimate of drug-likeness (QED) is 0.665. The van der Waals surface area contributed by atoms with Crippen molar-refractivity contribution < 1.29 is 8.78 Å². The van der Waals surface area contributed by atoms with Gasteiger partial charge in [0.1, 0.15) is 17.5 Å². The van der Waals surface area contributed by atoms with Crippen LogP contribution in [0, 0.1) is 11.6 Å². The van der Waals surface area contributed by atoms with Crippen LogP contribution in [0.25, 0.3) is 16.7 Å². The number of nitrogens with zero attached hydrogens (tertiary/aromatic N) is 2. The van der Waals surface area contributed by atoms with Crippen molar-refractivity contribution in [2.24, 2.45) is 0 Å². The Hall–Kier alpha value is -1.94. The van der Waals surface area contributed by atoms with Crippen molar-refractivity contribution in [1.82, 2.24) is 9.55 Å². The molecule has 0 spiro atoms. The van der Waals surface area contributed by atoms with Crippen LogP contribution in [0.4, 0.5) is 8.78 Å². The highest BCUT2D eigenvalue weighted by molar-refractivity contribution is 6.17. The summed E-state index contributed by atoms with van der Waals surface area (Å²) >= 11 is 5.78. The summed E-state index contributed by atoms with van der Waals surface area (Å²) in [4.78, 5) is 4.44. The molecule has 0 saturated carbocycles. The Kier molecular flexibility index (Phi) is 3.40. The van der Waals surface area contributed by atoms with Crippen molar-refractivity contribution in [3.8, 4) is 5.69 Å². The van der Waals surface area contributed by atoms with Gasteiger partial charge in [0.2, 0.25) is 0 Å². The zero-order valence-corrected chi connectivity index (χ0v) is 11.2. The fourth-order valence-corrected chi connectivity index (χ4v) is 2.42. The molecular weight excluding hydrogens is 282 g/mol. The van der Waals surface area contributed by atoms with E-state index in [4.69, 9.17) is 11.6 Å². The molecule has 5 heteroatoms. The van der Waals surface area contributed by atoms with Crippen LogP contribution in [0.1, 0.15) is 5.82 Å². The van der Waals surface area contributed by atoms with Crippen LogP contribution in [-0.4, -0.2) is 15.4 Å². The minimum absolute atomic E-state index is 0.349. The molecule has 0 aliphatic heterocycles. The van der Waals surface area contributed by atoms with Crippen molar-refractivity contribution in [3.05, 3.63) is 59.9 Å². The number of hydrogen-bond donors (Lipinski definition) is 0. The standard InChI is InChI=1S/C15H11ClF2N2/c16-7-6-15-19-13-5-4-11(18)9-14(13)20(15)12-3-1-2-10(17)8-12/h1-5,8-9H,6-7H2. The molecule has 102 valence electrons. The molecule has 20 heavy (non-hydrogen) atoms. The molecule has 1 aromatic heterocycles. The average molecular weight is 293 g/mol. The molecule has 0 aliphatic rings. The Bertz CT molecular complexity index is 768. The third-order valence-electron chi connectivity index (χ3n) is 3.07. The van der Waals surface area contributed by atoms with Crippen LogP contribution >= 0.6 is 11.6 Å². The van der Waals surface area contributed by atoms with Gasteiger partial charge >= 0.3 is 0 Å². The highest BCUT2D eigenvalue weighted by Crippen LogP contribution is 2.23. The highest BCUT2D eigenvalue weighted by atomic mass is 35.5. The number of benzene rings is 2. The van der Waals surface area contributed by atoms with Crippen molar-refractivity contribution in [2.75, 3.05) is 5.88 Å². The normalized spacial score (nSPS) is 11.2. The third-order valence-corrected chi connectivity index (χ3v) is 3.26. The molecule has 0 unspecified atom stereocenters. The van der Waals surface area contributed by atoms with Crippen LogP contribution in [0.5, 0.6) is 0 Å². The number of alkyl halides is 1. The fraction of sp³-hybridized carbons (Fsp3) is 0.133. The second-order valence-electron chi connectivity index (χ2n) is 4.42. The van der Waals surface area contributed by atoms with Crippen LogP contribution in [0.3, 0.4) is 0 Å². The molecule has 0 fully saturated rings. The van der Waals surface area contributed by atoms with E-state index in [-0.39, 0.29) is 11.6 Å². The summed E-state index contributed by atoms with van der Waals surface area (Å²) < 4.78 is 28.6. The summed E-state index contributed by atoms with van der Waals surface area (Å²) in [6.45, 7) is 0. The molecule has 3 rings (SSSR count). The van der Waals surface area contributed by atoms with E-state index >= 15 is 0 Å². The lowest BCUT2D eigenvalue weighted by atomic mass is 10.2. The Morgan fingerprint density at radius 1 is 1.05 bits per heavy atom. The third kappa shape index (κ3) is 2.27. The van der Waals surface area contributed by atoms with Crippen LogP contribution in [0.2, 0.25) is 0 Å². The molecule has 0 amide bonds. The first-order valence-corrected chi connectivity index (χ1v) is 6.71. The number of aryl methyl sites for hydroxylation is 1. The molecule has 0 aliphatic carbocycles. The second-order valence-corrected chi connectivity index (χ2v) is 4.79. The fourth-order valence-electron chi connectivity index (χ4n) is 2.25. The molecule has 2 aromatic carbocycles. The van der Waals surface area contributed by atoms with E-state index in [0.29, 0.717) is 34.8 Å². The molecular formula is C15H11ClF2N2. The van der Waals surface area contributed by atoms with E-state index in [1.807, 2.05) is 0 Å². The highest BCUT2D eigenvalue weighted by Gasteiger charge is 2.13. The largest absolute Gasteiger partial charge is 0.296 e. The van der Waals surface area contributed by atoms with Gasteiger partial charge in [0.05, 0.1) is 16.7 Å². The van der Waals surface area contributed by atoms with Gasteiger partial charge in [-0.3, -0.25) is 4.57 Å². The predicted octanol–water partition coefficient (Wildman–Crippen LogP) is 4.09. The minimum Gasteiger partial charge on any atom is -0.296 e. The molecule has 0 atom stereocenters. The monoisotopic (exact) mass is 292 g/mol. The van der Waals surface area contributed by atoms with Gasteiger partial charge in [0.15, 0.2) is 0 Å². The Balaban J connectivity index is 2.30. The molecule has 0 bridgehead atoms. The van der Waals surface area contributed by atoms with Gasteiger partial charge in [-0.05, 0) is 30.3 Å². The lowest BCUT2D eigenvalue weighted by Crippen LogP contribution is -2.02. The number of fused-ring (bicyclic) bond motifs is 1. The number of hydrogen-bond acceptors (Lipinski definition) is 1. The van der Waals surface area contributed by atoms with Gasteiger partial charge in [-0.1, -0.05) is 6.07 Å². The van der Waals surface area contributed by atoms with Crippen molar-refractivity contribution >= 4 is 22.6 Å². The van der Waals surface area contributed by atoms with Gasteiger partial charge in [0.25, 0.3) is 0 Å². The van der Waals surface area contributed by atoms with E-state index in [9.17, 15) is 8.78 Å². The lowest BCUT2D eigenvalue weighted by molar-refractivity contribution is 0.626. The summed E-state index contributed by atoms with van der Waals surface area (Å²) in [6, 6.07) is 10.5. The Morgan fingerprint density at radius 2 is 1.85 bits per heavy atom. The summed E-state index contributed by atoms with van der Waals surface area (Å²) in [7, 11) is 0. The predicted molar refractivity (Wildman–Crippen MR) is 75.4 cm³/mol. The summed E-state index contributed by atoms with van der Waals surface area (Å²) in [5.41, 5.74) is 1.88. The van der Waals surface area contributed by atoms with Crippen LogP contribution < -0.4 is 0 Å². The number of halogens is 3. The summed E-state index contributed by atoms with van der Waals surface area (Å²) in [5, 5.41) is 0. The van der Waals surface area contributed by atoms with Gasteiger partial charge in [-0.2, -0.15) is 0 Å². The number of rotatable bonds is 3. The topological polar surface area (TPSA) is 17.8 Å². The second kappa shape index (κ2) is 5.21. The van der Waals surface area contributed by atoms with Crippen molar-refractivity contribution in [3.63, 3.8) is 0 Å². The van der Waals surface area contributed by atoms with Crippen LogP contribution in [-0.2, 0) is 6.42 Å². The van der Waals surface area contributed by atoms with Crippen molar-refractivity contribution in [1.29, 1.82) is 0 Å². The lowest BCUT2D eigenvalue weighted by Gasteiger charge is -2.08. The van der Waals surface area contributed by atoms with Gasteiger partial charge in [0, 0.05) is 18.4 Å². The van der Waals surface area contributed by atoms with E-state index in [0.717, 1.165) is 0 Å². The smallest absolute Gasteiger partial charge is 0.125 e. The molecule has 3 aromatic rings. The zero-order valence-electron chi connectivity index (χ0n) is 10.5. The number of imidazole rings is 1. The number of aromatic nitrogens is 2. The minimum atomic E-state index is -0.354.